The maximum atomic E-state index is 12.3. The van der Waals surface area contributed by atoms with Crippen LogP contribution in [0.5, 0.6) is 0 Å². The second-order valence-electron chi connectivity index (χ2n) is 4.42. The predicted molar refractivity (Wildman–Crippen MR) is 81.8 cm³/mol. The molecule has 5 nitrogen and oxygen atoms in total. The van der Waals surface area contributed by atoms with Gasteiger partial charge in [0.15, 0.2) is 0 Å². The molecule has 0 heterocycles. The van der Waals surface area contributed by atoms with Gasteiger partial charge in [0.05, 0.1) is 0 Å². The van der Waals surface area contributed by atoms with Crippen LogP contribution in [0.2, 0.25) is 0 Å². The van der Waals surface area contributed by atoms with Crippen molar-refractivity contribution in [1.82, 2.24) is 10.6 Å². The van der Waals surface area contributed by atoms with E-state index in [9.17, 15) is 9.59 Å². The molecule has 0 unspecified atom stereocenters. The Balaban J connectivity index is 2.22. The zero-order valence-corrected chi connectivity index (χ0v) is 11.7. The summed E-state index contributed by atoms with van der Waals surface area (Å²) in [6, 6.07) is 17.4. The number of rotatable bonds is 4. The molecule has 0 spiro atoms. The highest BCUT2D eigenvalue weighted by Gasteiger charge is 2.21. The Kier molecular flexibility index (Phi) is 4.93. The van der Waals surface area contributed by atoms with E-state index in [-0.39, 0.29) is 0 Å². The van der Waals surface area contributed by atoms with E-state index in [1.807, 2.05) is 60.7 Å². The summed E-state index contributed by atoms with van der Waals surface area (Å²) in [6.45, 7) is 0. The first-order valence-corrected chi connectivity index (χ1v) is 6.60. The molecule has 0 radical (unpaired) electrons. The SMILES string of the molecule is CNC(=O)NC(=O)[C@@H](Nc1ccccc1)c1ccccc1. The van der Waals surface area contributed by atoms with Gasteiger partial charge in [0.2, 0.25) is 0 Å². The molecule has 21 heavy (non-hydrogen) atoms. The minimum Gasteiger partial charge on any atom is -0.370 e. The lowest BCUT2D eigenvalue weighted by atomic mass is 10.1. The van der Waals surface area contributed by atoms with Crippen LogP contribution in [0.15, 0.2) is 60.7 Å². The van der Waals surface area contributed by atoms with Crippen LogP contribution in [0.25, 0.3) is 0 Å². The van der Waals surface area contributed by atoms with Gasteiger partial charge in [-0.05, 0) is 17.7 Å². The van der Waals surface area contributed by atoms with Crippen molar-refractivity contribution >= 4 is 17.6 Å². The molecule has 3 N–H and O–H groups in total. The van der Waals surface area contributed by atoms with Gasteiger partial charge in [-0.25, -0.2) is 4.79 Å². The fraction of sp³-hybridized carbons (Fsp3) is 0.125. The van der Waals surface area contributed by atoms with E-state index in [2.05, 4.69) is 16.0 Å². The van der Waals surface area contributed by atoms with Gasteiger partial charge in [-0.3, -0.25) is 10.1 Å². The molecule has 0 bridgehead atoms. The van der Waals surface area contributed by atoms with Gasteiger partial charge in [-0.15, -0.1) is 0 Å². The Bertz CT molecular complexity index is 599. The van der Waals surface area contributed by atoms with Crippen LogP contribution in [0, 0.1) is 0 Å². The number of urea groups is 1. The van der Waals surface area contributed by atoms with E-state index in [0.717, 1.165) is 11.3 Å². The molecule has 3 amide bonds. The number of hydrogen-bond donors (Lipinski definition) is 3. The average molecular weight is 283 g/mol. The summed E-state index contributed by atoms with van der Waals surface area (Å²) in [5, 5.41) is 7.80. The molecule has 0 saturated carbocycles. The van der Waals surface area contributed by atoms with E-state index < -0.39 is 18.0 Å². The summed E-state index contributed by atoms with van der Waals surface area (Å²) in [5.74, 6) is -0.413. The Morgan fingerprint density at radius 1 is 0.905 bits per heavy atom. The first-order valence-electron chi connectivity index (χ1n) is 6.60. The number of imide groups is 1. The molecule has 0 aromatic heterocycles. The maximum Gasteiger partial charge on any atom is 0.321 e. The Morgan fingerprint density at radius 3 is 2.05 bits per heavy atom. The zero-order chi connectivity index (χ0) is 15.1. The van der Waals surface area contributed by atoms with Crippen LogP contribution in [0.4, 0.5) is 10.5 Å². The Labute approximate surface area is 123 Å². The van der Waals surface area contributed by atoms with Gasteiger partial charge >= 0.3 is 6.03 Å². The van der Waals surface area contributed by atoms with Crippen molar-refractivity contribution in [3.05, 3.63) is 66.2 Å². The summed E-state index contributed by atoms with van der Waals surface area (Å²) in [6.07, 6.45) is 0. The van der Waals surface area contributed by atoms with Crippen molar-refractivity contribution < 1.29 is 9.59 Å². The highest BCUT2D eigenvalue weighted by molar-refractivity contribution is 5.98. The highest BCUT2D eigenvalue weighted by Crippen LogP contribution is 2.19. The van der Waals surface area contributed by atoms with E-state index in [1.165, 1.54) is 7.05 Å². The topological polar surface area (TPSA) is 70.2 Å². The molecule has 2 aromatic rings. The third-order valence-electron chi connectivity index (χ3n) is 2.94. The van der Waals surface area contributed by atoms with E-state index >= 15 is 0 Å². The lowest BCUT2D eigenvalue weighted by Crippen LogP contribution is -2.42. The molecule has 0 aliphatic carbocycles. The number of carbonyl (C=O) groups excluding carboxylic acids is 2. The van der Waals surface area contributed by atoms with Gasteiger partial charge in [0, 0.05) is 12.7 Å². The first kappa shape index (κ1) is 14.6. The van der Waals surface area contributed by atoms with Crippen LogP contribution in [0.3, 0.4) is 0 Å². The molecular formula is C16H17N3O2. The fourth-order valence-electron chi connectivity index (χ4n) is 1.89. The second kappa shape index (κ2) is 7.09. The van der Waals surface area contributed by atoms with Gasteiger partial charge < -0.3 is 10.6 Å². The number of para-hydroxylation sites is 1. The number of benzene rings is 2. The molecule has 1 atom stereocenters. The van der Waals surface area contributed by atoms with Crippen molar-refractivity contribution in [1.29, 1.82) is 0 Å². The molecule has 0 fully saturated rings. The third kappa shape index (κ3) is 4.07. The third-order valence-corrected chi connectivity index (χ3v) is 2.94. The highest BCUT2D eigenvalue weighted by atomic mass is 16.2. The summed E-state index contributed by atoms with van der Waals surface area (Å²) >= 11 is 0. The van der Waals surface area contributed by atoms with Gasteiger partial charge in [0.25, 0.3) is 5.91 Å². The Hall–Kier alpha value is -2.82. The largest absolute Gasteiger partial charge is 0.370 e. The molecule has 0 aliphatic heterocycles. The van der Waals surface area contributed by atoms with Gasteiger partial charge in [0.1, 0.15) is 6.04 Å². The molecule has 0 saturated heterocycles. The van der Waals surface area contributed by atoms with Gasteiger partial charge in [-0.1, -0.05) is 48.5 Å². The van der Waals surface area contributed by atoms with Crippen LogP contribution < -0.4 is 16.0 Å². The standard InChI is InChI=1S/C16H17N3O2/c1-17-16(21)19-15(20)14(12-8-4-2-5-9-12)18-13-10-6-3-7-11-13/h2-11,14,18H,1H3,(H2,17,19,20,21)/t14-/m0/s1. The van der Waals surface area contributed by atoms with Crippen LogP contribution in [-0.4, -0.2) is 19.0 Å². The maximum absolute atomic E-state index is 12.3. The molecular weight excluding hydrogens is 266 g/mol. The van der Waals surface area contributed by atoms with Crippen molar-refractivity contribution in [3.8, 4) is 0 Å². The zero-order valence-electron chi connectivity index (χ0n) is 11.7. The van der Waals surface area contributed by atoms with Crippen LogP contribution in [-0.2, 0) is 4.79 Å². The minimum atomic E-state index is -0.647. The van der Waals surface area contributed by atoms with Crippen molar-refractivity contribution in [3.63, 3.8) is 0 Å². The fourth-order valence-corrected chi connectivity index (χ4v) is 1.89. The lowest BCUT2D eigenvalue weighted by Gasteiger charge is -2.19. The van der Waals surface area contributed by atoms with Crippen LogP contribution >= 0.6 is 0 Å². The average Bonchev–Trinajstić information content (AvgIpc) is 2.54. The molecule has 2 aromatic carbocycles. The smallest absolute Gasteiger partial charge is 0.321 e. The number of hydrogen-bond acceptors (Lipinski definition) is 3. The van der Waals surface area contributed by atoms with Crippen LogP contribution in [0.1, 0.15) is 11.6 Å². The molecule has 108 valence electrons. The monoisotopic (exact) mass is 283 g/mol. The normalized spacial score (nSPS) is 11.3. The molecule has 2 rings (SSSR count). The van der Waals surface area contributed by atoms with E-state index in [0.29, 0.717) is 0 Å². The van der Waals surface area contributed by atoms with Gasteiger partial charge in [-0.2, -0.15) is 0 Å². The summed E-state index contributed by atoms with van der Waals surface area (Å²) in [5.41, 5.74) is 1.58. The summed E-state index contributed by atoms with van der Waals surface area (Å²) in [7, 11) is 1.46. The number of amides is 3. The lowest BCUT2D eigenvalue weighted by molar-refractivity contribution is -0.120. The number of carbonyl (C=O) groups is 2. The summed E-state index contributed by atoms with van der Waals surface area (Å²) < 4.78 is 0. The predicted octanol–water partition coefficient (Wildman–Crippen LogP) is 2.30. The minimum absolute atomic E-state index is 0.413. The molecule has 0 aliphatic rings. The Morgan fingerprint density at radius 2 is 1.48 bits per heavy atom. The van der Waals surface area contributed by atoms with Crippen molar-refractivity contribution in [2.45, 2.75) is 6.04 Å². The summed E-state index contributed by atoms with van der Waals surface area (Å²) in [4.78, 5) is 23.6. The first-order chi connectivity index (χ1) is 10.2. The number of nitrogens with one attached hydrogen (secondary N) is 3. The van der Waals surface area contributed by atoms with E-state index in [4.69, 9.17) is 0 Å². The van der Waals surface area contributed by atoms with Crippen molar-refractivity contribution in [2.75, 3.05) is 12.4 Å². The second-order valence-corrected chi connectivity index (χ2v) is 4.42. The van der Waals surface area contributed by atoms with E-state index in [1.54, 1.807) is 0 Å². The molecule has 5 heteroatoms. The number of anilines is 1. The van der Waals surface area contributed by atoms with Crippen molar-refractivity contribution in [2.24, 2.45) is 0 Å². The quantitative estimate of drug-likeness (QED) is 0.806.